The molecule has 2 amide bonds. The lowest BCUT2D eigenvalue weighted by atomic mass is 10.2. The molecule has 33 heavy (non-hydrogen) atoms. The maximum Gasteiger partial charge on any atom is 0.248 e. The Labute approximate surface area is 203 Å². The zero-order valence-electron chi connectivity index (χ0n) is 17.0. The first-order chi connectivity index (χ1) is 15.9. The van der Waals surface area contributed by atoms with Gasteiger partial charge in [-0.25, -0.2) is 0 Å². The Bertz CT molecular complexity index is 1290. The molecule has 3 N–H and O–H groups in total. The Morgan fingerprint density at radius 2 is 1.48 bits per heavy atom. The van der Waals surface area contributed by atoms with Gasteiger partial charge in [-0.2, -0.15) is 0 Å². The van der Waals surface area contributed by atoms with Crippen LogP contribution in [0.2, 0.25) is 10.0 Å². The average molecular weight is 498 g/mol. The third kappa shape index (κ3) is 5.54. The largest absolute Gasteiger partial charge is 0.366 e. The van der Waals surface area contributed by atoms with E-state index in [0.717, 1.165) is 11.3 Å². The number of carbonyl (C=O) groups excluding carboxylic acids is 2. The number of carbonyl (C=O) groups is 2. The van der Waals surface area contributed by atoms with Gasteiger partial charge in [-0.05, 0) is 72.8 Å². The first-order valence-corrected chi connectivity index (χ1v) is 11.4. The number of halogens is 2. The molecule has 0 radical (unpaired) electrons. The number of nitrogens with zero attached hydrogens (tertiary/aromatic N) is 3. The number of rotatable bonds is 7. The Morgan fingerprint density at radius 3 is 2.09 bits per heavy atom. The van der Waals surface area contributed by atoms with E-state index in [1.807, 2.05) is 28.8 Å². The molecular formula is C23H17Cl2N5O2S. The lowest BCUT2D eigenvalue weighted by Crippen LogP contribution is -2.15. The van der Waals surface area contributed by atoms with Crippen molar-refractivity contribution in [3.63, 3.8) is 0 Å². The second-order valence-electron chi connectivity index (χ2n) is 6.90. The van der Waals surface area contributed by atoms with Crippen LogP contribution in [0.1, 0.15) is 10.4 Å². The summed E-state index contributed by atoms with van der Waals surface area (Å²) in [5.41, 5.74) is 7.80. The average Bonchev–Trinajstić information content (AvgIpc) is 3.23. The van der Waals surface area contributed by atoms with Crippen molar-refractivity contribution in [1.82, 2.24) is 14.8 Å². The predicted octanol–water partition coefficient (Wildman–Crippen LogP) is 5.07. The van der Waals surface area contributed by atoms with Gasteiger partial charge in [0.05, 0.1) is 5.75 Å². The Kier molecular flexibility index (Phi) is 6.98. The van der Waals surface area contributed by atoms with Crippen molar-refractivity contribution in [2.75, 3.05) is 11.1 Å². The molecule has 7 nitrogen and oxygen atoms in total. The highest BCUT2D eigenvalue weighted by Crippen LogP contribution is 2.29. The van der Waals surface area contributed by atoms with Crippen molar-refractivity contribution in [3.05, 3.63) is 88.4 Å². The summed E-state index contributed by atoms with van der Waals surface area (Å²) >= 11 is 13.3. The molecule has 0 unspecified atom stereocenters. The molecular weight excluding hydrogens is 481 g/mol. The van der Waals surface area contributed by atoms with Gasteiger partial charge >= 0.3 is 0 Å². The smallest absolute Gasteiger partial charge is 0.248 e. The predicted molar refractivity (Wildman–Crippen MR) is 131 cm³/mol. The second kappa shape index (κ2) is 10.1. The van der Waals surface area contributed by atoms with Crippen molar-refractivity contribution < 1.29 is 9.59 Å². The van der Waals surface area contributed by atoms with Crippen molar-refractivity contribution in [1.29, 1.82) is 0 Å². The molecule has 0 saturated heterocycles. The number of benzene rings is 3. The van der Waals surface area contributed by atoms with Gasteiger partial charge in [-0.1, -0.05) is 35.0 Å². The quantitative estimate of drug-likeness (QED) is 0.347. The molecule has 0 fully saturated rings. The lowest BCUT2D eigenvalue weighted by molar-refractivity contribution is -0.113. The van der Waals surface area contributed by atoms with E-state index in [1.165, 1.54) is 11.8 Å². The Balaban J connectivity index is 1.55. The van der Waals surface area contributed by atoms with Gasteiger partial charge < -0.3 is 11.1 Å². The molecule has 3 aromatic carbocycles. The van der Waals surface area contributed by atoms with Crippen molar-refractivity contribution in [3.8, 4) is 17.1 Å². The van der Waals surface area contributed by atoms with Gasteiger partial charge in [-0.15, -0.1) is 10.2 Å². The van der Waals surface area contributed by atoms with E-state index in [0.29, 0.717) is 32.3 Å². The van der Waals surface area contributed by atoms with Crippen LogP contribution in [0.3, 0.4) is 0 Å². The van der Waals surface area contributed by atoms with E-state index in [4.69, 9.17) is 28.9 Å². The summed E-state index contributed by atoms with van der Waals surface area (Å²) in [5, 5.41) is 13.2. The number of thioether (sulfide) groups is 1. The minimum absolute atomic E-state index is 0.101. The van der Waals surface area contributed by atoms with Crippen LogP contribution in [0.4, 0.5) is 5.69 Å². The number of anilines is 1. The summed E-state index contributed by atoms with van der Waals surface area (Å²) in [6, 6.07) is 20.9. The van der Waals surface area contributed by atoms with E-state index in [2.05, 4.69) is 15.5 Å². The number of amides is 2. The molecule has 0 spiro atoms. The van der Waals surface area contributed by atoms with Crippen LogP contribution in [-0.2, 0) is 4.79 Å². The van der Waals surface area contributed by atoms with Gasteiger partial charge in [0.25, 0.3) is 0 Å². The highest BCUT2D eigenvalue weighted by atomic mass is 35.5. The van der Waals surface area contributed by atoms with Crippen LogP contribution in [0.25, 0.3) is 17.1 Å². The van der Waals surface area contributed by atoms with Gasteiger partial charge in [0, 0.05) is 32.5 Å². The summed E-state index contributed by atoms with van der Waals surface area (Å²) < 4.78 is 1.86. The molecule has 0 bridgehead atoms. The number of hydrogen-bond donors (Lipinski definition) is 2. The molecule has 0 saturated carbocycles. The summed E-state index contributed by atoms with van der Waals surface area (Å²) in [6.45, 7) is 0. The van der Waals surface area contributed by atoms with Gasteiger partial charge in [0.15, 0.2) is 11.0 Å². The molecule has 166 valence electrons. The minimum atomic E-state index is -0.526. The number of nitrogens with one attached hydrogen (secondary N) is 1. The Hall–Kier alpha value is -3.33. The first-order valence-electron chi connectivity index (χ1n) is 9.70. The zero-order valence-corrected chi connectivity index (χ0v) is 19.4. The minimum Gasteiger partial charge on any atom is -0.366 e. The molecule has 1 heterocycles. The van der Waals surface area contributed by atoms with Crippen LogP contribution in [0, 0.1) is 0 Å². The van der Waals surface area contributed by atoms with Crippen LogP contribution in [-0.4, -0.2) is 32.3 Å². The van der Waals surface area contributed by atoms with Crippen molar-refractivity contribution in [2.45, 2.75) is 5.16 Å². The molecule has 1 aromatic heterocycles. The molecule has 10 heteroatoms. The third-order valence-corrected chi connectivity index (χ3v) is 6.04. The number of primary amides is 1. The lowest BCUT2D eigenvalue weighted by Gasteiger charge is -2.11. The zero-order chi connectivity index (χ0) is 23.4. The van der Waals surface area contributed by atoms with Crippen LogP contribution in [0.15, 0.2) is 78.0 Å². The maximum atomic E-state index is 12.5. The van der Waals surface area contributed by atoms with E-state index < -0.39 is 5.91 Å². The van der Waals surface area contributed by atoms with Gasteiger partial charge in [0.2, 0.25) is 11.8 Å². The fourth-order valence-corrected chi connectivity index (χ4v) is 4.02. The molecule has 4 rings (SSSR count). The number of nitrogens with two attached hydrogens (primary N) is 1. The van der Waals surface area contributed by atoms with Crippen molar-refractivity contribution in [2.24, 2.45) is 5.73 Å². The topological polar surface area (TPSA) is 103 Å². The SMILES string of the molecule is NC(=O)c1ccc(NC(=O)CSc2nnc(-c3ccc(Cl)cc3)n2-c2ccc(Cl)cc2)cc1. The van der Waals surface area contributed by atoms with Crippen LogP contribution >= 0.6 is 35.0 Å². The van der Waals surface area contributed by atoms with Gasteiger partial charge in [0.1, 0.15) is 0 Å². The van der Waals surface area contributed by atoms with Gasteiger partial charge in [-0.3, -0.25) is 14.2 Å². The highest BCUT2D eigenvalue weighted by molar-refractivity contribution is 7.99. The number of hydrogen-bond acceptors (Lipinski definition) is 5. The van der Waals surface area contributed by atoms with E-state index in [-0.39, 0.29) is 11.7 Å². The molecule has 0 aliphatic heterocycles. The number of aromatic nitrogens is 3. The molecule has 0 atom stereocenters. The van der Waals surface area contributed by atoms with E-state index in [1.54, 1.807) is 48.5 Å². The fourth-order valence-electron chi connectivity index (χ4n) is 3.02. The fraction of sp³-hybridized carbons (Fsp3) is 0.0435. The monoisotopic (exact) mass is 497 g/mol. The second-order valence-corrected chi connectivity index (χ2v) is 8.72. The highest BCUT2D eigenvalue weighted by Gasteiger charge is 2.17. The molecule has 0 aliphatic carbocycles. The normalized spacial score (nSPS) is 10.7. The standard InChI is InChI=1S/C23H17Cl2N5O2S/c24-16-5-1-15(2-6-16)22-28-29-23(30(22)19-11-7-17(25)8-12-19)33-13-20(31)27-18-9-3-14(4-10-18)21(26)32/h1-12H,13H2,(H2,26,32)(H,27,31). The van der Waals surface area contributed by atoms with Crippen LogP contribution in [0.5, 0.6) is 0 Å². The summed E-state index contributed by atoms with van der Waals surface area (Å²) in [5.74, 6) is -0.0462. The third-order valence-electron chi connectivity index (χ3n) is 4.61. The Morgan fingerprint density at radius 1 is 0.879 bits per heavy atom. The van der Waals surface area contributed by atoms with Crippen molar-refractivity contribution >= 4 is 52.5 Å². The summed E-state index contributed by atoms with van der Waals surface area (Å²) in [7, 11) is 0. The summed E-state index contributed by atoms with van der Waals surface area (Å²) in [4.78, 5) is 23.7. The maximum absolute atomic E-state index is 12.5. The summed E-state index contributed by atoms with van der Waals surface area (Å²) in [6.07, 6.45) is 0. The van der Waals surface area contributed by atoms with Crippen LogP contribution < -0.4 is 11.1 Å². The first kappa shape index (κ1) is 22.8. The van der Waals surface area contributed by atoms with E-state index in [9.17, 15) is 9.59 Å². The molecule has 0 aliphatic rings. The molecule has 4 aromatic rings. The van der Waals surface area contributed by atoms with E-state index >= 15 is 0 Å².